The van der Waals surface area contributed by atoms with Crippen LogP contribution in [0.1, 0.15) is 18.4 Å². The summed E-state index contributed by atoms with van der Waals surface area (Å²) in [6, 6.07) is 1.25. The third-order valence-electron chi connectivity index (χ3n) is 3.32. The van der Waals surface area contributed by atoms with Gasteiger partial charge in [0.05, 0.1) is 10.6 Å². The lowest BCUT2D eigenvalue weighted by atomic mass is 10.2. The van der Waals surface area contributed by atoms with Crippen LogP contribution >= 0.6 is 11.6 Å². The van der Waals surface area contributed by atoms with Gasteiger partial charge in [0.2, 0.25) is 0 Å². The molecule has 0 aromatic heterocycles. The van der Waals surface area contributed by atoms with Crippen molar-refractivity contribution in [3.8, 4) is 0 Å². The molecule has 1 fully saturated rings. The molecule has 1 aromatic carbocycles. The summed E-state index contributed by atoms with van der Waals surface area (Å²) in [6.45, 7) is 0.239. The lowest BCUT2D eigenvalue weighted by molar-refractivity contribution is -0.141. The van der Waals surface area contributed by atoms with Gasteiger partial charge in [-0.15, -0.1) is 0 Å². The van der Waals surface area contributed by atoms with Crippen LogP contribution < -0.4 is 5.32 Å². The number of anilines is 1. The van der Waals surface area contributed by atoms with Crippen molar-refractivity contribution in [3.63, 3.8) is 0 Å². The Morgan fingerprint density at radius 1 is 1.36 bits per heavy atom. The van der Waals surface area contributed by atoms with Gasteiger partial charge >= 0.3 is 18.2 Å². The fourth-order valence-corrected chi connectivity index (χ4v) is 2.51. The molecule has 1 saturated heterocycles. The van der Waals surface area contributed by atoms with E-state index < -0.39 is 34.8 Å². The molecule has 2 amide bonds. The van der Waals surface area contributed by atoms with Crippen LogP contribution in [0.3, 0.4) is 0 Å². The molecule has 1 aromatic rings. The number of hydrogen-bond donors (Lipinski definition) is 2. The summed E-state index contributed by atoms with van der Waals surface area (Å²) in [5.74, 6) is -1.14. The van der Waals surface area contributed by atoms with E-state index in [-0.39, 0.29) is 12.2 Å². The van der Waals surface area contributed by atoms with Crippen molar-refractivity contribution in [2.75, 3.05) is 11.9 Å². The quantitative estimate of drug-likeness (QED) is 0.869. The number of urea groups is 1. The minimum absolute atomic E-state index is 0.0993. The number of carbonyl (C=O) groups is 2. The van der Waals surface area contributed by atoms with Crippen LogP contribution in [0.2, 0.25) is 5.02 Å². The number of carboxylic acids is 1. The van der Waals surface area contributed by atoms with Crippen molar-refractivity contribution in [2.45, 2.75) is 25.1 Å². The average Bonchev–Trinajstić information content (AvgIpc) is 2.89. The molecule has 1 atom stereocenters. The molecule has 0 spiro atoms. The van der Waals surface area contributed by atoms with E-state index in [1.807, 2.05) is 0 Å². The largest absolute Gasteiger partial charge is 0.480 e. The van der Waals surface area contributed by atoms with E-state index in [9.17, 15) is 22.8 Å². The van der Waals surface area contributed by atoms with Gasteiger partial charge < -0.3 is 15.3 Å². The van der Waals surface area contributed by atoms with Crippen molar-refractivity contribution in [3.05, 3.63) is 28.8 Å². The molecule has 0 saturated carbocycles. The molecule has 1 aliphatic heterocycles. The van der Waals surface area contributed by atoms with E-state index in [1.165, 1.54) is 6.07 Å². The number of benzene rings is 1. The second-order valence-corrected chi connectivity index (χ2v) is 5.22. The number of halogens is 4. The highest BCUT2D eigenvalue weighted by molar-refractivity contribution is 6.31. The number of nitrogens with one attached hydrogen (secondary N) is 1. The molecule has 120 valence electrons. The van der Waals surface area contributed by atoms with Crippen molar-refractivity contribution >= 4 is 29.3 Å². The third-order valence-corrected chi connectivity index (χ3v) is 3.65. The Balaban J connectivity index is 2.17. The molecule has 5 nitrogen and oxygen atoms in total. The van der Waals surface area contributed by atoms with Crippen molar-refractivity contribution in [2.24, 2.45) is 0 Å². The second-order valence-electron chi connectivity index (χ2n) is 4.81. The monoisotopic (exact) mass is 336 g/mol. The SMILES string of the molecule is O=C(O)C1CCCN1C(=O)Nc1ccc(Cl)c(C(F)(F)F)c1. The molecule has 1 heterocycles. The molecule has 1 aliphatic rings. The first-order valence-electron chi connectivity index (χ1n) is 6.37. The lowest BCUT2D eigenvalue weighted by Crippen LogP contribution is -2.42. The zero-order chi connectivity index (χ0) is 16.5. The number of nitrogens with zero attached hydrogens (tertiary/aromatic N) is 1. The number of hydrogen-bond acceptors (Lipinski definition) is 2. The van der Waals surface area contributed by atoms with Crippen molar-refractivity contribution < 1.29 is 27.9 Å². The topological polar surface area (TPSA) is 69.6 Å². The van der Waals surface area contributed by atoms with Gasteiger partial charge in [-0.2, -0.15) is 13.2 Å². The highest BCUT2D eigenvalue weighted by Crippen LogP contribution is 2.36. The lowest BCUT2D eigenvalue weighted by Gasteiger charge is -2.22. The Labute approximate surface area is 128 Å². The standard InChI is InChI=1S/C13H12ClF3N2O3/c14-9-4-3-7(6-8(9)13(15,16)17)18-12(22)19-5-1-2-10(19)11(20)21/h3-4,6,10H,1-2,5H2,(H,18,22)(H,20,21). The van der Waals surface area contributed by atoms with Crippen LogP contribution in [0, 0.1) is 0 Å². The fraction of sp³-hybridized carbons (Fsp3) is 0.385. The summed E-state index contributed by atoms with van der Waals surface area (Å²) in [4.78, 5) is 24.1. The minimum atomic E-state index is -4.64. The predicted molar refractivity (Wildman–Crippen MR) is 72.8 cm³/mol. The number of amides is 2. The minimum Gasteiger partial charge on any atom is -0.480 e. The molecule has 0 radical (unpaired) electrons. The van der Waals surface area contributed by atoms with Gasteiger partial charge in [0.1, 0.15) is 6.04 Å². The fourth-order valence-electron chi connectivity index (χ4n) is 2.28. The number of likely N-dealkylation sites (tertiary alicyclic amines) is 1. The summed E-state index contributed by atoms with van der Waals surface area (Å²) < 4.78 is 38.2. The highest BCUT2D eigenvalue weighted by Gasteiger charge is 2.35. The molecular weight excluding hydrogens is 325 g/mol. The number of carbonyl (C=O) groups excluding carboxylic acids is 1. The van der Waals surface area contributed by atoms with Crippen LogP contribution in [0.15, 0.2) is 18.2 Å². The molecule has 0 aliphatic carbocycles. The maximum Gasteiger partial charge on any atom is 0.417 e. The third kappa shape index (κ3) is 3.44. The summed E-state index contributed by atoms with van der Waals surface area (Å²) in [6.07, 6.45) is -3.80. The zero-order valence-electron chi connectivity index (χ0n) is 11.2. The van der Waals surface area contributed by atoms with Crippen LogP contribution in [0.4, 0.5) is 23.7 Å². The van der Waals surface area contributed by atoms with Gasteiger partial charge in [-0.05, 0) is 31.0 Å². The molecule has 2 N–H and O–H groups in total. The molecular formula is C13H12ClF3N2O3. The number of carboxylic acid groups (broad SMARTS) is 1. The predicted octanol–water partition coefficient (Wildman–Crippen LogP) is 3.44. The first-order chi connectivity index (χ1) is 10.2. The first kappa shape index (κ1) is 16.4. The van der Waals surface area contributed by atoms with Gasteiger partial charge in [-0.1, -0.05) is 11.6 Å². The van der Waals surface area contributed by atoms with Crippen LogP contribution in [0.25, 0.3) is 0 Å². The van der Waals surface area contributed by atoms with Gasteiger partial charge in [0.15, 0.2) is 0 Å². The Morgan fingerprint density at radius 3 is 2.64 bits per heavy atom. The van der Waals surface area contributed by atoms with Crippen molar-refractivity contribution in [1.82, 2.24) is 4.90 Å². The number of aliphatic carboxylic acids is 1. The van der Waals surface area contributed by atoms with E-state index in [0.717, 1.165) is 11.0 Å². The van der Waals surface area contributed by atoms with Crippen LogP contribution in [-0.2, 0) is 11.0 Å². The normalized spacial score (nSPS) is 18.4. The molecule has 9 heteroatoms. The smallest absolute Gasteiger partial charge is 0.417 e. The van der Waals surface area contributed by atoms with Gasteiger partial charge in [0, 0.05) is 12.2 Å². The van der Waals surface area contributed by atoms with E-state index in [4.69, 9.17) is 16.7 Å². The second kappa shape index (κ2) is 6.04. The van der Waals surface area contributed by atoms with Gasteiger partial charge in [-0.3, -0.25) is 0 Å². The maximum atomic E-state index is 12.7. The summed E-state index contributed by atoms with van der Waals surface area (Å²) in [5.41, 5.74) is -1.17. The molecule has 22 heavy (non-hydrogen) atoms. The zero-order valence-corrected chi connectivity index (χ0v) is 11.9. The van der Waals surface area contributed by atoms with Crippen molar-refractivity contribution in [1.29, 1.82) is 0 Å². The van der Waals surface area contributed by atoms with E-state index in [1.54, 1.807) is 0 Å². The molecule has 0 bridgehead atoms. The van der Waals surface area contributed by atoms with Gasteiger partial charge in [0.25, 0.3) is 0 Å². The van der Waals surface area contributed by atoms with Gasteiger partial charge in [-0.25, -0.2) is 9.59 Å². The number of rotatable bonds is 2. The average molecular weight is 337 g/mol. The Kier molecular flexibility index (Phi) is 4.50. The van der Waals surface area contributed by atoms with E-state index in [0.29, 0.717) is 18.9 Å². The van der Waals surface area contributed by atoms with E-state index in [2.05, 4.69) is 5.32 Å². The van der Waals surface area contributed by atoms with Crippen LogP contribution in [0.5, 0.6) is 0 Å². The first-order valence-corrected chi connectivity index (χ1v) is 6.75. The Hall–Kier alpha value is -1.96. The van der Waals surface area contributed by atoms with Crippen LogP contribution in [-0.4, -0.2) is 34.6 Å². The molecule has 2 rings (SSSR count). The van der Waals surface area contributed by atoms with E-state index >= 15 is 0 Å². The summed E-state index contributed by atoms with van der Waals surface area (Å²) in [5, 5.41) is 10.8. The number of alkyl halides is 3. The Bertz CT molecular complexity index is 607. The molecule has 1 unspecified atom stereocenters. The summed E-state index contributed by atoms with van der Waals surface area (Å²) >= 11 is 5.49. The maximum absolute atomic E-state index is 12.7. The Morgan fingerprint density at radius 2 is 2.05 bits per heavy atom. The summed E-state index contributed by atoms with van der Waals surface area (Å²) in [7, 11) is 0. The highest BCUT2D eigenvalue weighted by atomic mass is 35.5.